The van der Waals surface area contributed by atoms with Crippen molar-refractivity contribution >= 4 is 11.3 Å². The van der Waals surface area contributed by atoms with E-state index in [1.807, 2.05) is 6.92 Å². The molecule has 78 valence electrons. The number of rotatable bonds is 3. The number of aryl methyl sites for hydroxylation is 1. The predicted molar refractivity (Wildman–Crippen MR) is 57.5 cm³/mol. The lowest BCUT2D eigenvalue weighted by atomic mass is 10.1. The van der Waals surface area contributed by atoms with Crippen LogP contribution in [0.2, 0.25) is 0 Å². The molecule has 14 heavy (non-hydrogen) atoms. The molecule has 3 nitrogen and oxygen atoms in total. The van der Waals surface area contributed by atoms with E-state index in [4.69, 9.17) is 4.74 Å². The van der Waals surface area contributed by atoms with E-state index in [0.717, 1.165) is 23.8 Å². The summed E-state index contributed by atoms with van der Waals surface area (Å²) in [5.74, 6) is 0. The molecule has 0 saturated carbocycles. The molecule has 1 aliphatic heterocycles. The molecule has 2 rings (SSSR count). The second kappa shape index (κ2) is 4.87. The van der Waals surface area contributed by atoms with Crippen molar-refractivity contribution in [2.75, 3.05) is 13.1 Å². The molecule has 1 unspecified atom stereocenters. The zero-order valence-corrected chi connectivity index (χ0v) is 9.27. The van der Waals surface area contributed by atoms with E-state index in [2.05, 4.69) is 15.7 Å². The summed E-state index contributed by atoms with van der Waals surface area (Å²) in [5.41, 5.74) is 1.09. The van der Waals surface area contributed by atoms with Crippen molar-refractivity contribution in [3.05, 3.63) is 16.1 Å². The Morgan fingerprint density at radius 2 is 2.64 bits per heavy atom. The van der Waals surface area contributed by atoms with Crippen LogP contribution in [-0.4, -0.2) is 24.2 Å². The van der Waals surface area contributed by atoms with Gasteiger partial charge >= 0.3 is 0 Å². The number of aromatic nitrogens is 1. The Bertz CT molecular complexity index is 281. The van der Waals surface area contributed by atoms with Crippen LogP contribution >= 0.6 is 11.3 Å². The van der Waals surface area contributed by atoms with Gasteiger partial charge in [-0.2, -0.15) is 0 Å². The van der Waals surface area contributed by atoms with Gasteiger partial charge in [-0.3, -0.25) is 0 Å². The summed E-state index contributed by atoms with van der Waals surface area (Å²) >= 11 is 1.68. The first kappa shape index (κ1) is 10.1. The lowest BCUT2D eigenvalue weighted by Gasteiger charge is -2.22. The highest BCUT2D eigenvalue weighted by atomic mass is 32.1. The Balaban J connectivity index is 1.76. The number of hydrogen-bond acceptors (Lipinski definition) is 4. The van der Waals surface area contributed by atoms with Gasteiger partial charge in [0.05, 0.1) is 12.7 Å². The molecular weight excluding hydrogens is 196 g/mol. The van der Waals surface area contributed by atoms with Crippen molar-refractivity contribution in [3.8, 4) is 0 Å². The van der Waals surface area contributed by atoms with Gasteiger partial charge in [-0.1, -0.05) is 0 Å². The van der Waals surface area contributed by atoms with Gasteiger partial charge in [-0.05, 0) is 26.3 Å². The van der Waals surface area contributed by atoms with Gasteiger partial charge in [0.2, 0.25) is 0 Å². The third-order valence-electron chi connectivity index (χ3n) is 2.36. The molecule has 1 fully saturated rings. The number of nitrogens with one attached hydrogen (secondary N) is 1. The predicted octanol–water partition coefficient (Wildman–Crippen LogP) is 1.72. The van der Waals surface area contributed by atoms with Crippen LogP contribution in [0, 0.1) is 6.92 Å². The summed E-state index contributed by atoms with van der Waals surface area (Å²) in [6, 6.07) is 0. The van der Waals surface area contributed by atoms with Crippen LogP contribution < -0.4 is 5.32 Å². The van der Waals surface area contributed by atoms with Crippen molar-refractivity contribution in [3.63, 3.8) is 0 Å². The molecule has 4 heteroatoms. The van der Waals surface area contributed by atoms with Gasteiger partial charge in [0, 0.05) is 17.6 Å². The number of piperidine rings is 1. The monoisotopic (exact) mass is 212 g/mol. The van der Waals surface area contributed by atoms with Crippen LogP contribution in [0.3, 0.4) is 0 Å². The molecular formula is C10H16N2OS. The normalized spacial score (nSPS) is 22.5. The molecule has 0 spiro atoms. The van der Waals surface area contributed by atoms with E-state index >= 15 is 0 Å². The average molecular weight is 212 g/mol. The molecule has 0 amide bonds. The minimum absolute atomic E-state index is 0.382. The van der Waals surface area contributed by atoms with E-state index in [0.29, 0.717) is 12.7 Å². The minimum atomic E-state index is 0.382. The molecule has 1 N–H and O–H groups in total. The summed E-state index contributed by atoms with van der Waals surface area (Å²) in [7, 11) is 0. The third-order valence-corrected chi connectivity index (χ3v) is 3.30. The van der Waals surface area contributed by atoms with Gasteiger partial charge < -0.3 is 10.1 Å². The van der Waals surface area contributed by atoms with Gasteiger partial charge in [0.25, 0.3) is 0 Å². The highest BCUT2D eigenvalue weighted by molar-refractivity contribution is 7.09. The lowest BCUT2D eigenvalue weighted by Crippen LogP contribution is -2.35. The van der Waals surface area contributed by atoms with Crippen molar-refractivity contribution in [2.24, 2.45) is 0 Å². The highest BCUT2D eigenvalue weighted by Crippen LogP contribution is 2.13. The zero-order valence-electron chi connectivity index (χ0n) is 8.45. The Kier molecular flexibility index (Phi) is 3.50. The van der Waals surface area contributed by atoms with E-state index < -0.39 is 0 Å². The molecule has 2 heterocycles. The minimum Gasteiger partial charge on any atom is -0.370 e. The van der Waals surface area contributed by atoms with E-state index in [-0.39, 0.29) is 0 Å². The van der Waals surface area contributed by atoms with Gasteiger partial charge in [-0.15, -0.1) is 11.3 Å². The van der Waals surface area contributed by atoms with Crippen LogP contribution in [0.25, 0.3) is 0 Å². The van der Waals surface area contributed by atoms with Gasteiger partial charge in [0.15, 0.2) is 0 Å². The smallest absolute Gasteiger partial charge is 0.119 e. The number of hydrogen-bond donors (Lipinski definition) is 1. The molecule has 1 atom stereocenters. The molecule has 0 radical (unpaired) electrons. The second-order valence-corrected chi connectivity index (χ2v) is 4.60. The molecule has 1 aromatic rings. The summed E-state index contributed by atoms with van der Waals surface area (Å²) in [5, 5.41) is 6.49. The summed E-state index contributed by atoms with van der Waals surface area (Å²) in [4.78, 5) is 4.37. The fraction of sp³-hybridized carbons (Fsp3) is 0.700. The fourth-order valence-electron chi connectivity index (χ4n) is 1.62. The first-order valence-corrected chi connectivity index (χ1v) is 5.96. The first-order valence-electron chi connectivity index (χ1n) is 5.08. The van der Waals surface area contributed by atoms with E-state index in [1.54, 1.807) is 11.3 Å². The number of nitrogens with zero attached hydrogens (tertiary/aromatic N) is 1. The SMILES string of the molecule is Cc1csc(COC2CCCNC2)n1. The number of ether oxygens (including phenoxy) is 1. The van der Waals surface area contributed by atoms with Crippen molar-refractivity contribution < 1.29 is 4.74 Å². The lowest BCUT2D eigenvalue weighted by molar-refractivity contribution is 0.0252. The fourth-order valence-corrected chi connectivity index (χ4v) is 2.31. The molecule has 1 aliphatic rings. The maximum atomic E-state index is 5.77. The first-order chi connectivity index (χ1) is 6.84. The standard InChI is InChI=1S/C10H16N2OS/c1-8-7-14-10(12-8)6-13-9-3-2-4-11-5-9/h7,9,11H,2-6H2,1H3. The van der Waals surface area contributed by atoms with E-state index in [1.165, 1.54) is 12.8 Å². The van der Waals surface area contributed by atoms with Crippen LogP contribution in [0.4, 0.5) is 0 Å². The Labute approximate surface area is 88.5 Å². The van der Waals surface area contributed by atoms with Gasteiger partial charge in [0.1, 0.15) is 5.01 Å². The van der Waals surface area contributed by atoms with E-state index in [9.17, 15) is 0 Å². The molecule has 1 aromatic heterocycles. The zero-order chi connectivity index (χ0) is 9.80. The molecule has 0 aliphatic carbocycles. The van der Waals surface area contributed by atoms with Crippen LogP contribution in [0.15, 0.2) is 5.38 Å². The molecule has 0 aromatic carbocycles. The Morgan fingerprint density at radius 1 is 1.71 bits per heavy atom. The average Bonchev–Trinajstić information content (AvgIpc) is 2.63. The summed E-state index contributed by atoms with van der Waals surface area (Å²) in [6.07, 6.45) is 2.78. The third kappa shape index (κ3) is 2.77. The quantitative estimate of drug-likeness (QED) is 0.828. The second-order valence-electron chi connectivity index (χ2n) is 3.66. The number of thiazole rings is 1. The van der Waals surface area contributed by atoms with Crippen molar-refractivity contribution in [2.45, 2.75) is 32.5 Å². The summed E-state index contributed by atoms with van der Waals surface area (Å²) < 4.78 is 5.77. The highest BCUT2D eigenvalue weighted by Gasteiger charge is 2.13. The summed E-state index contributed by atoms with van der Waals surface area (Å²) in [6.45, 7) is 4.81. The van der Waals surface area contributed by atoms with Crippen molar-refractivity contribution in [1.29, 1.82) is 0 Å². The molecule has 1 saturated heterocycles. The van der Waals surface area contributed by atoms with Gasteiger partial charge in [-0.25, -0.2) is 4.98 Å². The maximum absolute atomic E-state index is 5.77. The Morgan fingerprint density at radius 3 is 3.29 bits per heavy atom. The Hall–Kier alpha value is -0.450. The van der Waals surface area contributed by atoms with Crippen molar-refractivity contribution in [1.82, 2.24) is 10.3 Å². The van der Waals surface area contributed by atoms with Crippen LogP contribution in [0.1, 0.15) is 23.5 Å². The molecule has 0 bridgehead atoms. The van der Waals surface area contributed by atoms with Crippen LogP contribution in [-0.2, 0) is 11.3 Å². The topological polar surface area (TPSA) is 34.1 Å². The largest absolute Gasteiger partial charge is 0.370 e. The van der Waals surface area contributed by atoms with Crippen LogP contribution in [0.5, 0.6) is 0 Å². The maximum Gasteiger partial charge on any atom is 0.119 e.